The third-order valence-corrected chi connectivity index (χ3v) is 3.59. The zero-order valence-corrected chi connectivity index (χ0v) is 11.0. The van der Waals surface area contributed by atoms with E-state index in [-0.39, 0.29) is 17.9 Å². The van der Waals surface area contributed by atoms with Gasteiger partial charge in [0.25, 0.3) is 0 Å². The largest absolute Gasteiger partial charge is 0.387 e. The van der Waals surface area contributed by atoms with Crippen LogP contribution < -0.4 is 11.5 Å². The van der Waals surface area contributed by atoms with E-state index in [0.717, 1.165) is 25.7 Å². The highest BCUT2D eigenvalue weighted by Gasteiger charge is 2.24. The predicted molar refractivity (Wildman–Crippen MR) is 70.6 cm³/mol. The molecule has 0 aromatic carbocycles. The van der Waals surface area contributed by atoms with Crippen LogP contribution in [0.3, 0.4) is 0 Å². The van der Waals surface area contributed by atoms with Crippen molar-refractivity contribution in [2.24, 2.45) is 28.3 Å². The second-order valence-electron chi connectivity index (χ2n) is 5.25. The van der Waals surface area contributed by atoms with E-state index < -0.39 is 0 Å². The monoisotopic (exact) mass is 239 g/mol. The molecule has 0 bridgehead atoms. The average molecular weight is 239 g/mol. The maximum atomic E-state index is 12.0. The quantitative estimate of drug-likeness (QED) is 0.569. The molecule has 1 amide bonds. The van der Waals surface area contributed by atoms with Crippen LogP contribution in [-0.2, 0) is 4.79 Å². The predicted octanol–water partition coefficient (Wildman–Crippen LogP) is 1.82. The molecule has 0 radical (unpaired) electrons. The smallest absolute Gasteiger partial charge is 0.250 e. The fraction of sp³-hybridized carbons (Fsp3) is 0.846. The van der Waals surface area contributed by atoms with Crippen molar-refractivity contribution < 1.29 is 4.79 Å². The summed E-state index contributed by atoms with van der Waals surface area (Å²) in [5, 5.41) is 0. The van der Waals surface area contributed by atoms with Gasteiger partial charge in [0.05, 0.1) is 0 Å². The summed E-state index contributed by atoms with van der Waals surface area (Å²) in [4.78, 5) is 15.9. The first-order valence-electron chi connectivity index (χ1n) is 6.65. The number of carbonyl (C=O) groups excluding carboxylic acids is 1. The van der Waals surface area contributed by atoms with E-state index in [1.807, 2.05) is 6.92 Å². The van der Waals surface area contributed by atoms with E-state index in [1.165, 1.54) is 6.42 Å². The minimum Gasteiger partial charge on any atom is -0.387 e. The van der Waals surface area contributed by atoms with E-state index in [2.05, 4.69) is 11.9 Å². The van der Waals surface area contributed by atoms with E-state index in [1.54, 1.807) is 0 Å². The van der Waals surface area contributed by atoms with Gasteiger partial charge in [0, 0.05) is 18.4 Å². The Morgan fingerprint density at radius 3 is 2.59 bits per heavy atom. The Labute approximate surface area is 104 Å². The van der Waals surface area contributed by atoms with E-state index in [0.29, 0.717) is 18.2 Å². The summed E-state index contributed by atoms with van der Waals surface area (Å²) >= 11 is 0. The molecule has 3 atom stereocenters. The number of amidine groups is 1. The van der Waals surface area contributed by atoms with Crippen LogP contribution in [0.15, 0.2) is 4.99 Å². The van der Waals surface area contributed by atoms with Crippen molar-refractivity contribution >= 4 is 11.7 Å². The van der Waals surface area contributed by atoms with Crippen LogP contribution in [0.25, 0.3) is 0 Å². The molecule has 0 aliphatic heterocycles. The molecule has 3 unspecified atom stereocenters. The Morgan fingerprint density at radius 1 is 1.29 bits per heavy atom. The van der Waals surface area contributed by atoms with E-state index in [9.17, 15) is 4.79 Å². The molecular formula is C13H25N3O. The molecule has 4 nitrogen and oxygen atoms in total. The van der Waals surface area contributed by atoms with Crippen LogP contribution in [0.5, 0.6) is 0 Å². The van der Waals surface area contributed by atoms with Crippen molar-refractivity contribution in [1.29, 1.82) is 0 Å². The summed E-state index contributed by atoms with van der Waals surface area (Å²) in [5.41, 5.74) is 11.6. The highest BCUT2D eigenvalue weighted by molar-refractivity contribution is 5.94. The summed E-state index contributed by atoms with van der Waals surface area (Å²) in [6.07, 6.45) is 5.55. The van der Waals surface area contributed by atoms with Gasteiger partial charge in [-0.3, -0.25) is 4.79 Å². The van der Waals surface area contributed by atoms with Crippen molar-refractivity contribution in [2.75, 3.05) is 0 Å². The third-order valence-electron chi connectivity index (χ3n) is 3.59. The fourth-order valence-electron chi connectivity index (χ4n) is 2.27. The van der Waals surface area contributed by atoms with Gasteiger partial charge in [-0.2, -0.15) is 0 Å². The van der Waals surface area contributed by atoms with E-state index in [4.69, 9.17) is 11.5 Å². The highest BCUT2D eigenvalue weighted by atomic mass is 16.1. The Morgan fingerprint density at radius 2 is 1.94 bits per heavy atom. The number of carbonyl (C=O) groups is 1. The van der Waals surface area contributed by atoms with Crippen LogP contribution in [-0.4, -0.2) is 17.8 Å². The minimum atomic E-state index is -0.0751. The number of hydrogen-bond acceptors (Lipinski definition) is 2. The van der Waals surface area contributed by atoms with Gasteiger partial charge in [0.2, 0.25) is 5.91 Å². The Balaban J connectivity index is 2.63. The SMILES string of the molecule is CCC(N)=NC(=O)C1CCC(C)CCC(N)C1. The van der Waals surface area contributed by atoms with Crippen LogP contribution in [0.4, 0.5) is 0 Å². The molecular weight excluding hydrogens is 214 g/mol. The molecule has 0 saturated heterocycles. The lowest BCUT2D eigenvalue weighted by Crippen LogP contribution is -2.30. The summed E-state index contributed by atoms with van der Waals surface area (Å²) in [6.45, 7) is 4.13. The summed E-state index contributed by atoms with van der Waals surface area (Å²) in [5.74, 6) is 0.981. The fourth-order valence-corrected chi connectivity index (χ4v) is 2.27. The molecule has 0 spiro atoms. The van der Waals surface area contributed by atoms with Gasteiger partial charge in [-0.25, -0.2) is 4.99 Å². The molecule has 1 aliphatic rings. The van der Waals surface area contributed by atoms with Gasteiger partial charge in [-0.15, -0.1) is 0 Å². The molecule has 4 heteroatoms. The second-order valence-corrected chi connectivity index (χ2v) is 5.25. The molecule has 17 heavy (non-hydrogen) atoms. The topological polar surface area (TPSA) is 81.5 Å². The summed E-state index contributed by atoms with van der Waals surface area (Å²) < 4.78 is 0. The van der Waals surface area contributed by atoms with Crippen molar-refractivity contribution in [3.63, 3.8) is 0 Å². The van der Waals surface area contributed by atoms with Crippen molar-refractivity contribution in [2.45, 2.75) is 58.4 Å². The number of nitrogens with two attached hydrogens (primary N) is 2. The van der Waals surface area contributed by atoms with Gasteiger partial charge in [-0.1, -0.05) is 13.8 Å². The molecule has 0 aromatic heterocycles. The Kier molecular flexibility index (Phi) is 5.62. The Bertz CT molecular complexity index is 288. The lowest BCUT2D eigenvalue weighted by Gasteiger charge is -2.24. The first-order valence-corrected chi connectivity index (χ1v) is 6.65. The number of amides is 1. The number of aliphatic imine (C=N–C) groups is 1. The molecule has 98 valence electrons. The molecule has 0 heterocycles. The summed E-state index contributed by atoms with van der Waals surface area (Å²) in [6, 6.07) is 0.129. The van der Waals surface area contributed by atoms with Crippen LogP contribution in [0.1, 0.15) is 52.4 Å². The van der Waals surface area contributed by atoms with Gasteiger partial charge >= 0.3 is 0 Å². The molecule has 1 aliphatic carbocycles. The standard InChI is InChI=1S/C13H25N3O/c1-3-12(15)16-13(17)10-6-4-9(2)5-7-11(14)8-10/h9-11H,3-8,14H2,1-2H3,(H2,15,16,17). The van der Waals surface area contributed by atoms with Crippen molar-refractivity contribution in [3.05, 3.63) is 0 Å². The summed E-state index contributed by atoms with van der Waals surface area (Å²) in [7, 11) is 0. The number of hydrogen-bond donors (Lipinski definition) is 2. The first-order chi connectivity index (χ1) is 8.02. The van der Waals surface area contributed by atoms with Crippen LogP contribution in [0.2, 0.25) is 0 Å². The zero-order valence-electron chi connectivity index (χ0n) is 11.0. The third kappa shape index (κ3) is 4.86. The molecule has 1 fully saturated rings. The van der Waals surface area contributed by atoms with Crippen LogP contribution >= 0.6 is 0 Å². The Hall–Kier alpha value is -0.900. The van der Waals surface area contributed by atoms with Crippen LogP contribution in [0, 0.1) is 11.8 Å². The van der Waals surface area contributed by atoms with Gasteiger partial charge in [-0.05, 0) is 38.0 Å². The number of nitrogens with zero attached hydrogens (tertiary/aromatic N) is 1. The van der Waals surface area contributed by atoms with Gasteiger partial charge in [0.15, 0.2) is 0 Å². The maximum Gasteiger partial charge on any atom is 0.250 e. The second kappa shape index (κ2) is 6.74. The van der Waals surface area contributed by atoms with Gasteiger partial charge in [0.1, 0.15) is 5.84 Å². The molecule has 1 saturated carbocycles. The van der Waals surface area contributed by atoms with Crippen molar-refractivity contribution in [1.82, 2.24) is 0 Å². The van der Waals surface area contributed by atoms with Crippen molar-refractivity contribution in [3.8, 4) is 0 Å². The van der Waals surface area contributed by atoms with E-state index >= 15 is 0 Å². The first kappa shape index (κ1) is 14.2. The maximum absolute atomic E-state index is 12.0. The van der Waals surface area contributed by atoms with Gasteiger partial charge < -0.3 is 11.5 Å². The normalized spacial score (nSPS) is 31.7. The average Bonchev–Trinajstić information content (AvgIpc) is 2.29. The number of rotatable bonds is 2. The molecule has 4 N–H and O–H groups in total. The zero-order chi connectivity index (χ0) is 12.8. The minimum absolute atomic E-state index is 0.0298. The molecule has 1 rings (SSSR count). The molecule has 0 aromatic rings. The lowest BCUT2D eigenvalue weighted by atomic mass is 9.84. The lowest BCUT2D eigenvalue weighted by molar-refractivity contribution is -0.122. The highest BCUT2D eigenvalue weighted by Crippen LogP contribution is 2.26.